The van der Waals surface area contributed by atoms with Crippen molar-refractivity contribution in [3.05, 3.63) is 89.7 Å². The van der Waals surface area contributed by atoms with Crippen LogP contribution < -0.4 is 10.1 Å². The summed E-state index contributed by atoms with van der Waals surface area (Å²) < 4.78 is 5.29. The van der Waals surface area contributed by atoms with E-state index in [1.807, 2.05) is 36.4 Å². The Morgan fingerprint density at radius 3 is 2.48 bits per heavy atom. The standard InChI is InChI=1S/C27H29N3O3/c1-33-21-12-10-20(11-13-21)27(14-4-5-15-27)26(32)30-24(22-8-2-3-9-25(22)31)17-23(28)19-7-6-16-29-18-19/h2-3,6-13,16,18,24,28,31H,4-5,14-15,17H2,1H3,(H,30,32). The number of carbonyl (C=O) groups excluding carboxylic acids is 1. The Balaban J connectivity index is 1.64. The maximum atomic E-state index is 13.8. The number of aromatic nitrogens is 1. The third-order valence-electron chi connectivity index (χ3n) is 6.57. The number of methoxy groups -OCH3 is 1. The fourth-order valence-corrected chi connectivity index (χ4v) is 4.72. The van der Waals surface area contributed by atoms with Crippen LogP contribution in [-0.4, -0.2) is 28.8 Å². The van der Waals surface area contributed by atoms with Crippen LogP contribution in [0.4, 0.5) is 0 Å². The Bertz CT molecular complexity index is 1110. The normalized spacial score (nSPS) is 15.5. The number of benzene rings is 2. The molecule has 1 heterocycles. The van der Waals surface area contributed by atoms with E-state index >= 15 is 0 Å². The molecule has 6 nitrogen and oxygen atoms in total. The van der Waals surface area contributed by atoms with Crippen LogP contribution in [-0.2, 0) is 10.2 Å². The number of aromatic hydroxyl groups is 1. The first-order chi connectivity index (χ1) is 16.0. The lowest BCUT2D eigenvalue weighted by molar-refractivity contribution is -0.127. The first kappa shape index (κ1) is 22.5. The molecule has 1 atom stereocenters. The van der Waals surface area contributed by atoms with Crippen LogP contribution in [0.1, 0.15) is 54.8 Å². The van der Waals surface area contributed by atoms with E-state index in [0.717, 1.165) is 37.0 Å². The van der Waals surface area contributed by atoms with Crippen molar-refractivity contribution in [3.8, 4) is 11.5 Å². The third-order valence-corrected chi connectivity index (χ3v) is 6.57. The van der Waals surface area contributed by atoms with E-state index in [-0.39, 0.29) is 18.1 Å². The highest BCUT2D eigenvalue weighted by molar-refractivity contribution is 5.99. The highest BCUT2D eigenvalue weighted by Gasteiger charge is 2.43. The lowest BCUT2D eigenvalue weighted by Crippen LogP contribution is -2.44. The van der Waals surface area contributed by atoms with Gasteiger partial charge in [0.1, 0.15) is 11.5 Å². The zero-order valence-electron chi connectivity index (χ0n) is 18.8. The summed E-state index contributed by atoms with van der Waals surface area (Å²) in [6.07, 6.45) is 7.03. The predicted octanol–water partition coefficient (Wildman–Crippen LogP) is 4.92. The SMILES string of the molecule is COc1ccc(C2(C(=O)NC(CC(=N)c3cccnc3)c3ccccc3O)CCCC2)cc1. The summed E-state index contributed by atoms with van der Waals surface area (Å²) in [6.45, 7) is 0. The van der Waals surface area contributed by atoms with Crippen molar-refractivity contribution in [3.63, 3.8) is 0 Å². The second-order valence-electron chi connectivity index (χ2n) is 8.53. The lowest BCUT2D eigenvalue weighted by atomic mass is 9.77. The molecule has 33 heavy (non-hydrogen) atoms. The van der Waals surface area contributed by atoms with Gasteiger partial charge in [-0.15, -0.1) is 0 Å². The molecule has 0 saturated heterocycles. The molecule has 1 saturated carbocycles. The monoisotopic (exact) mass is 443 g/mol. The second kappa shape index (κ2) is 9.86. The summed E-state index contributed by atoms with van der Waals surface area (Å²) in [5, 5.41) is 22.3. The molecule has 1 amide bonds. The molecular weight excluding hydrogens is 414 g/mol. The fraction of sp³-hybridized carbons (Fsp3) is 0.296. The van der Waals surface area contributed by atoms with Crippen molar-refractivity contribution in [2.45, 2.75) is 43.6 Å². The summed E-state index contributed by atoms with van der Waals surface area (Å²) >= 11 is 0. The maximum Gasteiger partial charge on any atom is 0.231 e. The van der Waals surface area contributed by atoms with E-state index < -0.39 is 11.5 Å². The summed E-state index contributed by atoms with van der Waals surface area (Å²) in [6, 6.07) is 17.8. The summed E-state index contributed by atoms with van der Waals surface area (Å²) in [4.78, 5) is 17.9. The van der Waals surface area contributed by atoms with Gasteiger partial charge in [-0.25, -0.2) is 0 Å². The number of hydrogen-bond acceptors (Lipinski definition) is 5. The van der Waals surface area contributed by atoms with Crippen LogP contribution in [0.15, 0.2) is 73.1 Å². The van der Waals surface area contributed by atoms with Crippen molar-refractivity contribution >= 4 is 11.6 Å². The number of amides is 1. The minimum atomic E-state index is -0.634. The Labute approximate surface area is 194 Å². The first-order valence-electron chi connectivity index (χ1n) is 11.2. The number of phenolic OH excluding ortho intramolecular Hbond substituents is 1. The van der Waals surface area contributed by atoms with Gasteiger partial charge < -0.3 is 20.6 Å². The van der Waals surface area contributed by atoms with Gasteiger partial charge >= 0.3 is 0 Å². The molecule has 1 fully saturated rings. The van der Waals surface area contributed by atoms with Crippen LogP contribution in [0.5, 0.6) is 11.5 Å². The topological polar surface area (TPSA) is 95.3 Å². The van der Waals surface area contributed by atoms with Crippen molar-refractivity contribution < 1.29 is 14.6 Å². The van der Waals surface area contributed by atoms with Gasteiger partial charge in [0.25, 0.3) is 0 Å². The molecule has 0 spiro atoms. The minimum Gasteiger partial charge on any atom is -0.508 e. The van der Waals surface area contributed by atoms with Crippen LogP contribution >= 0.6 is 0 Å². The van der Waals surface area contributed by atoms with E-state index in [0.29, 0.717) is 16.8 Å². The lowest BCUT2D eigenvalue weighted by Gasteiger charge is -2.31. The molecule has 1 aliphatic rings. The van der Waals surface area contributed by atoms with Gasteiger partial charge in [0.15, 0.2) is 0 Å². The molecule has 3 N–H and O–H groups in total. The number of nitrogens with zero attached hydrogens (tertiary/aromatic N) is 1. The van der Waals surface area contributed by atoms with E-state index in [9.17, 15) is 9.90 Å². The average Bonchev–Trinajstić information content (AvgIpc) is 3.36. The number of carbonyl (C=O) groups is 1. The second-order valence-corrected chi connectivity index (χ2v) is 8.53. The Morgan fingerprint density at radius 2 is 1.85 bits per heavy atom. The Hall–Kier alpha value is -3.67. The summed E-state index contributed by atoms with van der Waals surface area (Å²) in [7, 11) is 1.63. The molecule has 3 aromatic rings. The Morgan fingerprint density at radius 1 is 1.12 bits per heavy atom. The highest BCUT2D eigenvalue weighted by atomic mass is 16.5. The number of hydrogen-bond donors (Lipinski definition) is 3. The van der Waals surface area contributed by atoms with E-state index in [2.05, 4.69) is 10.3 Å². The number of phenols is 1. The van der Waals surface area contributed by atoms with Crippen molar-refractivity contribution in [2.75, 3.05) is 7.11 Å². The van der Waals surface area contributed by atoms with Crippen LogP contribution in [0.25, 0.3) is 0 Å². The molecule has 0 radical (unpaired) electrons. The van der Waals surface area contributed by atoms with Gasteiger partial charge in [0, 0.05) is 35.7 Å². The number of pyridine rings is 1. The van der Waals surface area contributed by atoms with Crippen LogP contribution in [0, 0.1) is 5.41 Å². The molecule has 1 aromatic heterocycles. The molecule has 0 bridgehead atoms. The van der Waals surface area contributed by atoms with Crippen molar-refractivity contribution in [2.24, 2.45) is 0 Å². The quantitative estimate of drug-likeness (QED) is 0.431. The number of rotatable bonds is 8. The van der Waals surface area contributed by atoms with Gasteiger partial charge in [0.2, 0.25) is 5.91 Å². The van der Waals surface area contributed by atoms with E-state index in [4.69, 9.17) is 10.1 Å². The molecular formula is C27H29N3O3. The maximum absolute atomic E-state index is 13.8. The number of ether oxygens (including phenoxy) is 1. The zero-order chi connectivity index (χ0) is 23.3. The van der Waals surface area contributed by atoms with Gasteiger partial charge in [-0.05, 0) is 42.7 Å². The average molecular weight is 444 g/mol. The van der Waals surface area contributed by atoms with Crippen molar-refractivity contribution in [1.82, 2.24) is 10.3 Å². The largest absolute Gasteiger partial charge is 0.508 e. The molecule has 170 valence electrons. The summed E-state index contributed by atoms with van der Waals surface area (Å²) in [5.74, 6) is 0.786. The zero-order valence-corrected chi connectivity index (χ0v) is 18.8. The molecule has 1 aliphatic carbocycles. The molecule has 2 aromatic carbocycles. The van der Waals surface area contributed by atoms with Crippen LogP contribution in [0.2, 0.25) is 0 Å². The fourth-order valence-electron chi connectivity index (χ4n) is 4.72. The molecule has 1 unspecified atom stereocenters. The molecule has 0 aliphatic heterocycles. The van der Waals surface area contributed by atoms with Crippen LogP contribution in [0.3, 0.4) is 0 Å². The van der Waals surface area contributed by atoms with Gasteiger partial charge in [-0.1, -0.05) is 49.2 Å². The first-order valence-corrected chi connectivity index (χ1v) is 11.2. The number of nitrogens with one attached hydrogen (secondary N) is 2. The van der Waals surface area contributed by atoms with Crippen molar-refractivity contribution in [1.29, 1.82) is 5.41 Å². The summed E-state index contributed by atoms with van der Waals surface area (Å²) in [5.41, 5.74) is 1.98. The molecule has 6 heteroatoms. The highest BCUT2D eigenvalue weighted by Crippen LogP contribution is 2.42. The predicted molar refractivity (Wildman–Crippen MR) is 128 cm³/mol. The van der Waals surface area contributed by atoms with E-state index in [1.54, 1.807) is 43.8 Å². The Kier molecular flexibility index (Phi) is 6.73. The number of para-hydroxylation sites is 1. The third kappa shape index (κ3) is 4.75. The van der Waals surface area contributed by atoms with E-state index in [1.165, 1.54) is 0 Å². The van der Waals surface area contributed by atoms with Gasteiger partial charge in [-0.2, -0.15) is 0 Å². The smallest absolute Gasteiger partial charge is 0.231 e. The van der Waals surface area contributed by atoms with Gasteiger partial charge in [0.05, 0.1) is 18.6 Å². The molecule has 4 rings (SSSR count). The minimum absolute atomic E-state index is 0.0718. The van der Waals surface area contributed by atoms with Gasteiger partial charge in [-0.3, -0.25) is 9.78 Å².